The predicted molar refractivity (Wildman–Crippen MR) is 134 cm³/mol. The number of rotatable bonds is 7. The number of ether oxygens (including phenoxy) is 1. The van der Waals surface area contributed by atoms with Crippen molar-refractivity contribution < 1.29 is 9.53 Å². The van der Waals surface area contributed by atoms with Crippen LogP contribution in [-0.4, -0.2) is 80.2 Å². The molecule has 2 unspecified atom stereocenters. The van der Waals surface area contributed by atoms with Crippen LogP contribution in [0.25, 0.3) is 0 Å². The summed E-state index contributed by atoms with van der Waals surface area (Å²) in [4.78, 5) is 24.0. The summed E-state index contributed by atoms with van der Waals surface area (Å²) in [5.74, 6) is 1.08. The van der Waals surface area contributed by atoms with Gasteiger partial charge in [-0.1, -0.05) is 6.92 Å². The van der Waals surface area contributed by atoms with Crippen molar-refractivity contribution in [3.63, 3.8) is 0 Å². The Morgan fingerprint density at radius 3 is 2.70 bits per heavy atom. The van der Waals surface area contributed by atoms with E-state index in [0.717, 1.165) is 58.3 Å². The highest BCUT2D eigenvalue weighted by atomic mass is 127. The largest absolute Gasteiger partial charge is 0.379 e. The Hall–Kier alpha value is -0.910. The quantitative estimate of drug-likeness (QED) is 0.311. The molecule has 7 nitrogen and oxygen atoms in total. The third kappa shape index (κ3) is 7.06. The van der Waals surface area contributed by atoms with Crippen molar-refractivity contribution in [3.05, 3.63) is 21.9 Å². The molecule has 1 aromatic rings. The molecule has 1 amide bonds. The summed E-state index contributed by atoms with van der Waals surface area (Å²) in [6.07, 6.45) is 1.54. The van der Waals surface area contributed by atoms with Gasteiger partial charge in [-0.05, 0) is 32.4 Å². The maximum atomic E-state index is 12.0. The van der Waals surface area contributed by atoms with Crippen LogP contribution < -0.4 is 10.6 Å². The van der Waals surface area contributed by atoms with Crippen LogP contribution in [0.5, 0.6) is 0 Å². The number of amides is 1. The summed E-state index contributed by atoms with van der Waals surface area (Å²) in [7, 11) is 0. The number of carbonyl (C=O) groups excluding carboxylic acids is 1. The number of hydrogen-bond acceptors (Lipinski definition) is 5. The molecular weight excluding hydrogens is 513 g/mol. The van der Waals surface area contributed by atoms with Gasteiger partial charge in [-0.15, -0.1) is 35.3 Å². The number of aryl methyl sites for hydroxylation is 1. The maximum Gasteiger partial charge on any atom is 0.222 e. The zero-order valence-electron chi connectivity index (χ0n) is 18.4. The van der Waals surface area contributed by atoms with E-state index in [9.17, 15) is 4.79 Å². The molecule has 2 aliphatic rings. The van der Waals surface area contributed by atoms with Crippen molar-refractivity contribution in [1.82, 2.24) is 20.4 Å². The van der Waals surface area contributed by atoms with E-state index in [1.165, 1.54) is 9.75 Å². The molecule has 9 heteroatoms. The van der Waals surface area contributed by atoms with E-state index in [2.05, 4.69) is 41.5 Å². The van der Waals surface area contributed by atoms with Crippen LogP contribution in [0.3, 0.4) is 0 Å². The van der Waals surface area contributed by atoms with Crippen molar-refractivity contribution in [3.8, 4) is 0 Å². The van der Waals surface area contributed by atoms with Crippen LogP contribution in [0.1, 0.15) is 42.5 Å². The lowest BCUT2D eigenvalue weighted by Crippen LogP contribution is -2.46. The SMILES string of the molecule is CCNC(=NCC(c1ccc(C)s1)N1CCOCC1)NC1CCN(C(=O)CC)C1.I. The lowest BCUT2D eigenvalue weighted by Gasteiger charge is -2.33. The number of nitrogens with one attached hydrogen (secondary N) is 2. The van der Waals surface area contributed by atoms with Crippen LogP contribution in [0, 0.1) is 6.92 Å². The number of likely N-dealkylation sites (tertiary alicyclic amines) is 1. The summed E-state index contributed by atoms with van der Waals surface area (Å²) in [5, 5.41) is 6.92. The van der Waals surface area contributed by atoms with Crippen molar-refractivity contribution in [1.29, 1.82) is 0 Å². The number of thiophene rings is 1. The van der Waals surface area contributed by atoms with Gasteiger partial charge in [0.1, 0.15) is 0 Å². The van der Waals surface area contributed by atoms with Crippen LogP contribution >= 0.6 is 35.3 Å². The zero-order valence-corrected chi connectivity index (χ0v) is 21.5. The molecule has 3 rings (SSSR count). The standard InChI is InChI=1S/C21H35N5O2S.HI/c1-4-20(27)26-9-8-17(15-26)24-21(22-5-2)23-14-18(19-7-6-16(3)29-19)25-10-12-28-13-11-25;/h6-7,17-18H,4-5,8-15H2,1-3H3,(H2,22,23,24);1H. The molecule has 0 spiro atoms. The summed E-state index contributed by atoms with van der Waals surface area (Å²) >= 11 is 1.86. The topological polar surface area (TPSA) is 69.2 Å². The molecule has 0 radical (unpaired) electrons. The van der Waals surface area contributed by atoms with Gasteiger partial charge in [-0.2, -0.15) is 0 Å². The van der Waals surface area contributed by atoms with Gasteiger partial charge in [0.2, 0.25) is 5.91 Å². The van der Waals surface area contributed by atoms with Gasteiger partial charge in [0.05, 0.1) is 25.8 Å². The first kappa shape index (κ1) is 25.4. The number of carbonyl (C=O) groups is 1. The van der Waals surface area contributed by atoms with E-state index in [4.69, 9.17) is 9.73 Å². The van der Waals surface area contributed by atoms with Gasteiger partial charge < -0.3 is 20.3 Å². The Labute approximate surface area is 201 Å². The third-order valence-corrected chi connectivity index (χ3v) is 6.63. The molecule has 170 valence electrons. The minimum absolute atomic E-state index is 0. The number of morpholine rings is 1. The van der Waals surface area contributed by atoms with Crippen LogP contribution in [-0.2, 0) is 9.53 Å². The molecule has 30 heavy (non-hydrogen) atoms. The van der Waals surface area contributed by atoms with Gasteiger partial charge in [0.15, 0.2) is 5.96 Å². The average molecular weight is 550 g/mol. The summed E-state index contributed by atoms with van der Waals surface area (Å²) in [5.41, 5.74) is 0. The predicted octanol–water partition coefficient (Wildman–Crippen LogP) is 2.61. The average Bonchev–Trinajstić information content (AvgIpc) is 3.38. The van der Waals surface area contributed by atoms with Crippen molar-refractivity contribution in [2.45, 2.75) is 45.7 Å². The Balaban J connectivity index is 0.00000320. The molecular formula is C21H36IN5O2S. The Bertz CT molecular complexity index is 693. The molecule has 0 aromatic carbocycles. The van der Waals surface area contributed by atoms with E-state index in [1.807, 2.05) is 23.2 Å². The molecule has 0 saturated carbocycles. The van der Waals surface area contributed by atoms with Crippen LogP contribution in [0.4, 0.5) is 0 Å². The highest BCUT2D eigenvalue weighted by molar-refractivity contribution is 14.0. The highest BCUT2D eigenvalue weighted by Crippen LogP contribution is 2.28. The normalized spacial score (nSPS) is 21.2. The Kier molecular flexibility index (Phi) is 10.8. The molecule has 3 heterocycles. The van der Waals surface area contributed by atoms with Crippen LogP contribution in [0.2, 0.25) is 0 Å². The van der Waals surface area contributed by atoms with Gasteiger partial charge in [0.25, 0.3) is 0 Å². The van der Waals surface area contributed by atoms with Gasteiger partial charge >= 0.3 is 0 Å². The highest BCUT2D eigenvalue weighted by Gasteiger charge is 2.27. The maximum absolute atomic E-state index is 12.0. The molecule has 1 aromatic heterocycles. The Morgan fingerprint density at radius 1 is 1.30 bits per heavy atom. The molecule has 2 N–H and O–H groups in total. The summed E-state index contributed by atoms with van der Waals surface area (Å²) in [6, 6.07) is 4.96. The number of hydrogen-bond donors (Lipinski definition) is 2. The molecule has 2 atom stereocenters. The number of halogens is 1. The molecule has 2 fully saturated rings. The minimum Gasteiger partial charge on any atom is -0.379 e. The van der Waals surface area contributed by atoms with E-state index in [0.29, 0.717) is 13.0 Å². The second-order valence-electron chi connectivity index (χ2n) is 7.66. The van der Waals surface area contributed by atoms with E-state index >= 15 is 0 Å². The van der Waals surface area contributed by atoms with E-state index in [-0.39, 0.29) is 42.0 Å². The van der Waals surface area contributed by atoms with Crippen molar-refractivity contribution >= 4 is 47.2 Å². The first-order valence-corrected chi connectivity index (χ1v) is 11.6. The minimum atomic E-state index is 0. The van der Waals surface area contributed by atoms with E-state index < -0.39 is 0 Å². The number of guanidine groups is 1. The fraction of sp³-hybridized carbons (Fsp3) is 0.714. The lowest BCUT2D eigenvalue weighted by atomic mass is 10.2. The monoisotopic (exact) mass is 549 g/mol. The zero-order chi connectivity index (χ0) is 20.6. The summed E-state index contributed by atoms with van der Waals surface area (Å²) in [6.45, 7) is 12.7. The molecule has 2 saturated heterocycles. The smallest absolute Gasteiger partial charge is 0.222 e. The fourth-order valence-corrected chi connectivity index (χ4v) is 4.93. The van der Waals surface area contributed by atoms with Crippen molar-refractivity contribution in [2.75, 3.05) is 52.5 Å². The number of aliphatic imine (C=N–C) groups is 1. The van der Waals surface area contributed by atoms with Crippen LogP contribution in [0.15, 0.2) is 17.1 Å². The van der Waals surface area contributed by atoms with Gasteiger partial charge in [-0.3, -0.25) is 14.7 Å². The second-order valence-corrected chi connectivity index (χ2v) is 8.97. The molecule has 2 aliphatic heterocycles. The van der Waals surface area contributed by atoms with Crippen molar-refractivity contribution in [2.24, 2.45) is 4.99 Å². The second kappa shape index (κ2) is 12.8. The Morgan fingerprint density at radius 2 is 2.07 bits per heavy atom. The lowest BCUT2D eigenvalue weighted by molar-refractivity contribution is -0.129. The number of nitrogens with zero attached hydrogens (tertiary/aromatic N) is 3. The third-order valence-electron chi connectivity index (χ3n) is 5.53. The van der Waals surface area contributed by atoms with Gasteiger partial charge in [-0.25, -0.2) is 0 Å². The molecule has 0 aliphatic carbocycles. The summed E-state index contributed by atoms with van der Waals surface area (Å²) < 4.78 is 5.55. The van der Waals surface area contributed by atoms with Gasteiger partial charge in [0, 0.05) is 54.9 Å². The first-order valence-electron chi connectivity index (χ1n) is 10.8. The van der Waals surface area contributed by atoms with E-state index in [1.54, 1.807) is 0 Å². The fourth-order valence-electron chi connectivity index (χ4n) is 3.93. The first-order chi connectivity index (χ1) is 14.1. The molecule has 0 bridgehead atoms.